The molecule has 0 bridgehead atoms. The number of benzene rings is 2. The van der Waals surface area contributed by atoms with Gasteiger partial charge in [0.05, 0.1) is 30.3 Å². The summed E-state index contributed by atoms with van der Waals surface area (Å²) >= 11 is 12.8. The van der Waals surface area contributed by atoms with Crippen molar-refractivity contribution in [1.82, 2.24) is 19.7 Å². The van der Waals surface area contributed by atoms with E-state index in [-0.39, 0.29) is 18.2 Å². The van der Waals surface area contributed by atoms with E-state index in [9.17, 15) is 9.90 Å². The van der Waals surface area contributed by atoms with E-state index in [0.29, 0.717) is 57.9 Å². The quantitative estimate of drug-likeness (QED) is 0.311. The molecule has 0 saturated carbocycles. The van der Waals surface area contributed by atoms with Gasteiger partial charge in [0, 0.05) is 51.1 Å². The Labute approximate surface area is 242 Å². The fourth-order valence-corrected chi connectivity index (χ4v) is 6.18. The highest BCUT2D eigenvalue weighted by molar-refractivity contribution is 6.34. The Hall–Kier alpha value is -3.59. The van der Waals surface area contributed by atoms with Gasteiger partial charge in [-0.3, -0.25) is 9.78 Å². The van der Waals surface area contributed by atoms with Crippen LogP contribution in [0.15, 0.2) is 54.7 Å². The molecule has 1 amide bonds. The summed E-state index contributed by atoms with van der Waals surface area (Å²) in [6.07, 6.45) is 2.27. The average molecular weight is 579 g/mol. The van der Waals surface area contributed by atoms with Crippen molar-refractivity contribution >= 4 is 29.1 Å². The topological polar surface area (TPSA) is 89.7 Å². The molecule has 1 atom stereocenters. The molecule has 10 heteroatoms. The van der Waals surface area contributed by atoms with Crippen LogP contribution in [0.4, 0.5) is 0 Å². The van der Waals surface area contributed by atoms with Gasteiger partial charge in [-0.05, 0) is 63.1 Å². The van der Waals surface area contributed by atoms with Gasteiger partial charge in [0.1, 0.15) is 18.1 Å². The van der Waals surface area contributed by atoms with E-state index in [0.717, 1.165) is 16.8 Å². The standard InChI is InChI=1S/C30H28Cl2N4O4/c1-30(2)15-20(37)7-9-35(30)29(38)27-23-16-40-26-14-25(39-3)21(24-6-4-5-8-33-24)13-22(26)28(23)36(34-27)19-11-17(31)10-18(32)12-19/h4-6,8,10-14,20,37H,7,9,15-16H2,1-3H3. The molecule has 4 heterocycles. The molecular weight excluding hydrogens is 551 g/mol. The van der Waals surface area contributed by atoms with Gasteiger partial charge in [0.25, 0.3) is 5.91 Å². The summed E-state index contributed by atoms with van der Waals surface area (Å²) in [7, 11) is 1.61. The first-order valence-corrected chi connectivity index (χ1v) is 13.8. The molecule has 1 unspecified atom stereocenters. The summed E-state index contributed by atoms with van der Waals surface area (Å²) in [6.45, 7) is 4.49. The molecule has 8 nitrogen and oxygen atoms in total. The van der Waals surface area contributed by atoms with E-state index < -0.39 is 11.6 Å². The molecule has 0 aliphatic carbocycles. The number of aromatic nitrogens is 3. The molecule has 1 N–H and O–H groups in total. The highest BCUT2D eigenvalue weighted by Gasteiger charge is 2.41. The number of carbonyl (C=O) groups excluding carboxylic acids is 1. The number of ether oxygens (including phenoxy) is 2. The first-order valence-electron chi connectivity index (χ1n) is 13.0. The summed E-state index contributed by atoms with van der Waals surface area (Å²) in [5, 5.41) is 16.0. The Morgan fingerprint density at radius 1 is 1.12 bits per heavy atom. The summed E-state index contributed by atoms with van der Waals surface area (Å²) < 4.78 is 13.6. The maximum atomic E-state index is 14.1. The second kappa shape index (κ2) is 10.1. The zero-order valence-electron chi connectivity index (χ0n) is 22.3. The average Bonchev–Trinajstić information content (AvgIpc) is 3.32. The maximum Gasteiger partial charge on any atom is 0.275 e. The fraction of sp³-hybridized carbons (Fsp3) is 0.300. The minimum Gasteiger partial charge on any atom is -0.496 e. The van der Waals surface area contributed by atoms with E-state index in [1.54, 1.807) is 41.1 Å². The van der Waals surface area contributed by atoms with Crippen LogP contribution in [-0.2, 0) is 6.61 Å². The van der Waals surface area contributed by atoms with Crippen LogP contribution in [0.5, 0.6) is 11.5 Å². The molecule has 0 radical (unpaired) electrons. The number of amides is 1. The third kappa shape index (κ3) is 4.60. The molecule has 1 saturated heterocycles. The summed E-state index contributed by atoms with van der Waals surface area (Å²) in [5.74, 6) is 0.993. The van der Waals surface area contributed by atoms with Crippen LogP contribution in [0.25, 0.3) is 28.2 Å². The van der Waals surface area contributed by atoms with E-state index in [2.05, 4.69) is 4.98 Å². The SMILES string of the molecule is COc1cc2c(cc1-c1ccccn1)-c1c(c(C(=O)N3CCC(O)CC3(C)C)nn1-c1cc(Cl)cc(Cl)c1)CO2. The molecule has 4 aromatic rings. The normalized spacial score (nSPS) is 17.6. The first-order chi connectivity index (χ1) is 19.2. The van der Waals surface area contributed by atoms with E-state index in [1.165, 1.54) is 0 Å². The van der Waals surface area contributed by atoms with Gasteiger partial charge < -0.3 is 19.5 Å². The number of likely N-dealkylation sites (tertiary alicyclic amines) is 1. The number of aliphatic hydroxyl groups is 1. The van der Waals surface area contributed by atoms with Crippen molar-refractivity contribution in [2.75, 3.05) is 13.7 Å². The Bertz CT molecular complexity index is 1600. The predicted molar refractivity (Wildman–Crippen MR) is 153 cm³/mol. The van der Waals surface area contributed by atoms with Crippen LogP contribution in [0, 0.1) is 0 Å². The van der Waals surface area contributed by atoms with Gasteiger partial charge in [-0.1, -0.05) is 29.3 Å². The number of aliphatic hydroxyl groups excluding tert-OH is 1. The highest BCUT2D eigenvalue weighted by Crippen LogP contribution is 2.46. The van der Waals surface area contributed by atoms with Crippen molar-refractivity contribution in [3.63, 3.8) is 0 Å². The van der Waals surface area contributed by atoms with Gasteiger partial charge in [0.2, 0.25) is 0 Å². The Morgan fingerprint density at radius 3 is 2.58 bits per heavy atom. The maximum absolute atomic E-state index is 14.1. The van der Waals surface area contributed by atoms with E-state index >= 15 is 0 Å². The van der Waals surface area contributed by atoms with Gasteiger partial charge in [-0.25, -0.2) is 4.68 Å². The predicted octanol–water partition coefficient (Wildman–Crippen LogP) is 6.18. The van der Waals surface area contributed by atoms with Crippen LogP contribution < -0.4 is 9.47 Å². The van der Waals surface area contributed by atoms with Crippen molar-refractivity contribution in [2.24, 2.45) is 0 Å². The lowest BCUT2D eigenvalue weighted by Gasteiger charge is -2.44. The molecule has 1 fully saturated rings. The van der Waals surface area contributed by atoms with Gasteiger partial charge >= 0.3 is 0 Å². The molecule has 2 aliphatic heterocycles. The fourth-order valence-electron chi connectivity index (χ4n) is 5.66. The summed E-state index contributed by atoms with van der Waals surface area (Å²) in [5.41, 5.74) is 3.97. The highest BCUT2D eigenvalue weighted by atomic mass is 35.5. The second-order valence-electron chi connectivity index (χ2n) is 10.7. The number of rotatable bonds is 4. The lowest BCUT2D eigenvalue weighted by atomic mass is 9.88. The number of pyridine rings is 1. The molecule has 6 rings (SSSR count). The number of methoxy groups -OCH3 is 1. The molecule has 40 heavy (non-hydrogen) atoms. The lowest BCUT2D eigenvalue weighted by molar-refractivity contribution is 0.00275. The first kappa shape index (κ1) is 26.6. The molecule has 2 aromatic heterocycles. The van der Waals surface area contributed by atoms with Crippen molar-refractivity contribution < 1.29 is 19.4 Å². The third-order valence-electron chi connectivity index (χ3n) is 7.54. The number of carbonyl (C=O) groups is 1. The van der Waals surface area contributed by atoms with Crippen molar-refractivity contribution in [3.8, 4) is 39.7 Å². The zero-order chi connectivity index (χ0) is 28.2. The van der Waals surface area contributed by atoms with Crippen LogP contribution in [0.1, 0.15) is 42.7 Å². The monoisotopic (exact) mass is 578 g/mol. The number of piperidine rings is 1. The minimum absolute atomic E-state index is 0.140. The number of hydrogen-bond donors (Lipinski definition) is 1. The Kier molecular flexibility index (Phi) is 6.73. The molecule has 2 aliphatic rings. The lowest BCUT2D eigenvalue weighted by Crippen LogP contribution is -2.54. The molecule has 2 aromatic carbocycles. The van der Waals surface area contributed by atoms with E-state index in [1.807, 2.05) is 44.2 Å². The van der Waals surface area contributed by atoms with Crippen molar-refractivity contribution in [1.29, 1.82) is 0 Å². The number of hydrogen-bond acceptors (Lipinski definition) is 6. The Balaban J connectivity index is 1.58. The van der Waals surface area contributed by atoms with Crippen molar-refractivity contribution in [3.05, 3.63) is 76.0 Å². The summed E-state index contributed by atoms with van der Waals surface area (Å²) in [4.78, 5) is 20.4. The van der Waals surface area contributed by atoms with Crippen LogP contribution in [0.3, 0.4) is 0 Å². The largest absolute Gasteiger partial charge is 0.496 e. The van der Waals surface area contributed by atoms with Crippen molar-refractivity contribution in [2.45, 2.75) is 44.9 Å². The van der Waals surface area contributed by atoms with Crippen LogP contribution in [0.2, 0.25) is 10.0 Å². The zero-order valence-corrected chi connectivity index (χ0v) is 23.8. The van der Waals surface area contributed by atoms with Gasteiger partial charge in [-0.2, -0.15) is 5.10 Å². The molecule has 0 spiro atoms. The minimum atomic E-state index is -0.544. The number of nitrogens with zero attached hydrogens (tertiary/aromatic N) is 4. The summed E-state index contributed by atoms with van der Waals surface area (Å²) in [6, 6.07) is 14.6. The molecular formula is C30H28Cl2N4O4. The number of fused-ring (bicyclic) bond motifs is 3. The van der Waals surface area contributed by atoms with Gasteiger partial charge in [-0.15, -0.1) is 0 Å². The third-order valence-corrected chi connectivity index (χ3v) is 7.98. The Morgan fingerprint density at radius 2 is 1.90 bits per heavy atom. The molecule has 206 valence electrons. The van der Waals surface area contributed by atoms with Crippen LogP contribution >= 0.6 is 23.2 Å². The second-order valence-corrected chi connectivity index (χ2v) is 11.6. The van der Waals surface area contributed by atoms with Crippen LogP contribution in [-0.4, -0.2) is 56.0 Å². The smallest absolute Gasteiger partial charge is 0.275 e. The number of halogens is 2. The van der Waals surface area contributed by atoms with Gasteiger partial charge in [0.15, 0.2) is 5.69 Å². The van der Waals surface area contributed by atoms with E-state index in [4.69, 9.17) is 37.8 Å².